The molecule has 0 bridgehead atoms. The smallest absolute Gasteiger partial charge is 0.344 e. The van der Waals surface area contributed by atoms with Gasteiger partial charge in [-0.3, -0.25) is 0 Å². The molecule has 4 rings (SSSR count). The lowest BCUT2D eigenvalue weighted by molar-refractivity contribution is 0.0724. The van der Waals surface area contributed by atoms with Crippen LogP contribution in [0, 0.1) is 17.9 Å². The van der Waals surface area contributed by atoms with Gasteiger partial charge in [0, 0.05) is 10.7 Å². The van der Waals surface area contributed by atoms with Crippen LogP contribution in [0.25, 0.3) is 10.8 Å². The number of rotatable bonds is 5. The number of benzene rings is 4. The lowest BCUT2D eigenvalue weighted by Gasteiger charge is -2.14. The average molecular weight is 1080 g/mol. The molecule has 0 aliphatic carbocycles. The van der Waals surface area contributed by atoms with Crippen LogP contribution in [0.1, 0.15) is 20.7 Å². The molecular weight excluding hydrogens is 1070 g/mol. The number of carbonyl (C=O) groups is 2. The van der Waals surface area contributed by atoms with E-state index in [1.807, 2.05) is 12.1 Å². The van der Waals surface area contributed by atoms with Gasteiger partial charge in [-0.15, -0.1) is 0 Å². The van der Waals surface area contributed by atoms with Crippen molar-refractivity contribution in [1.29, 1.82) is 0 Å². The van der Waals surface area contributed by atoms with Gasteiger partial charge in [0.05, 0.1) is 23.2 Å². The second kappa shape index (κ2) is 12.0. The predicted octanol–water partition coefficient (Wildman–Crippen LogP) is 7.21. The molecule has 4 aromatic rings. The highest BCUT2D eigenvalue weighted by molar-refractivity contribution is 14.1. The molecule has 37 heavy (non-hydrogen) atoms. The molecule has 190 valence electrons. The highest BCUT2D eigenvalue weighted by Crippen LogP contribution is 2.33. The van der Waals surface area contributed by atoms with E-state index in [2.05, 4.69) is 67.8 Å². The molecule has 0 spiro atoms. The van der Waals surface area contributed by atoms with Gasteiger partial charge in [-0.2, -0.15) is 0 Å². The minimum Gasteiger partial charge on any atom is -0.744 e. The minimum atomic E-state index is -4.68. The Kier molecular flexibility index (Phi) is 9.62. The SMILES string of the molecule is O=C(Oc1cc(I)c(S(=O)(=O)[O-])c(I)c1)c1cccc2c(C(=O)Oc3c(I)cc(I)cc3I)cccc12. The van der Waals surface area contributed by atoms with Gasteiger partial charge in [-0.05, 0) is 160 Å². The van der Waals surface area contributed by atoms with Crippen LogP contribution in [0.5, 0.6) is 11.5 Å². The van der Waals surface area contributed by atoms with Crippen LogP contribution >= 0.6 is 113 Å². The van der Waals surface area contributed by atoms with Crippen molar-refractivity contribution in [1.82, 2.24) is 0 Å². The molecule has 0 aliphatic rings. The van der Waals surface area contributed by atoms with Crippen molar-refractivity contribution in [3.05, 3.63) is 89.6 Å². The number of ether oxygens (including phenoxy) is 2. The Labute approximate surface area is 279 Å². The van der Waals surface area contributed by atoms with Gasteiger partial charge in [0.15, 0.2) is 5.75 Å². The highest BCUT2D eigenvalue weighted by Gasteiger charge is 2.21. The molecule has 13 heteroatoms. The summed E-state index contributed by atoms with van der Waals surface area (Å²) >= 11 is 9.85. The first kappa shape index (κ1) is 29.6. The summed E-state index contributed by atoms with van der Waals surface area (Å²) in [6.45, 7) is 0. The summed E-state index contributed by atoms with van der Waals surface area (Å²) in [4.78, 5) is 25.9. The Bertz CT molecular complexity index is 1660. The topological polar surface area (TPSA) is 110 Å². The van der Waals surface area contributed by atoms with E-state index in [0.717, 1.165) is 10.7 Å². The van der Waals surface area contributed by atoms with E-state index in [-0.39, 0.29) is 28.9 Å². The number of esters is 2. The molecule has 0 fully saturated rings. The number of fused-ring (bicyclic) bond motifs is 1. The van der Waals surface area contributed by atoms with Gasteiger partial charge in [-0.25, -0.2) is 18.0 Å². The molecule has 4 aromatic carbocycles. The number of hydrogen-bond donors (Lipinski definition) is 0. The third kappa shape index (κ3) is 6.69. The monoisotopic (exact) mass is 1080 g/mol. The molecule has 0 aromatic heterocycles. The maximum Gasteiger partial charge on any atom is 0.344 e. The molecule has 0 radical (unpaired) electrons. The van der Waals surface area contributed by atoms with Crippen molar-refractivity contribution < 1.29 is 32.0 Å². The van der Waals surface area contributed by atoms with Crippen LogP contribution in [0.15, 0.2) is 65.6 Å². The molecule has 0 aliphatic heterocycles. The van der Waals surface area contributed by atoms with Gasteiger partial charge >= 0.3 is 11.9 Å². The number of carbonyl (C=O) groups excluding carboxylic acids is 2. The summed E-state index contributed by atoms with van der Waals surface area (Å²) in [6, 6.07) is 16.3. The Morgan fingerprint density at radius 3 is 1.59 bits per heavy atom. The zero-order chi connectivity index (χ0) is 27.1. The first-order valence-electron chi connectivity index (χ1n) is 9.92. The molecule has 0 heterocycles. The lowest BCUT2D eigenvalue weighted by Crippen LogP contribution is -2.13. The van der Waals surface area contributed by atoms with E-state index in [1.165, 1.54) is 12.1 Å². The van der Waals surface area contributed by atoms with Crippen LogP contribution in [0.3, 0.4) is 0 Å². The van der Waals surface area contributed by atoms with Crippen molar-refractivity contribution in [2.75, 3.05) is 0 Å². The van der Waals surface area contributed by atoms with Gasteiger partial charge in [-0.1, -0.05) is 24.3 Å². The van der Waals surface area contributed by atoms with Crippen molar-refractivity contribution in [2.45, 2.75) is 4.90 Å². The van der Waals surface area contributed by atoms with Crippen LogP contribution < -0.4 is 9.47 Å². The van der Waals surface area contributed by atoms with E-state index in [4.69, 9.17) is 9.47 Å². The van der Waals surface area contributed by atoms with Crippen molar-refractivity contribution in [3.63, 3.8) is 0 Å². The largest absolute Gasteiger partial charge is 0.744 e. The Balaban J connectivity index is 1.68. The zero-order valence-electron chi connectivity index (χ0n) is 17.9. The van der Waals surface area contributed by atoms with E-state index in [9.17, 15) is 22.6 Å². The van der Waals surface area contributed by atoms with Crippen molar-refractivity contribution in [3.8, 4) is 11.5 Å². The fraction of sp³-hybridized carbons (Fsp3) is 0. The molecule has 7 nitrogen and oxygen atoms in total. The van der Waals surface area contributed by atoms with Gasteiger partial charge in [0.25, 0.3) is 0 Å². The predicted molar refractivity (Wildman–Crippen MR) is 178 cm³/mol. The third-order valence-electron chi connectivity index (χ3n) is 4.95. The standard InChI is InChI=1S/C24H11I5O7S/c25-11-7-17(26)21(18(27)8-11)36-24(31)16-6-2-3-13-14(16)4-1-5-15(13)23(30)35-12-9-19(28)22(20(29)10-12)37(32,33)34/h1-10H,(H,32,33,34)/p-1. The van der Waals surface area contributed by atoms with E-state index in [1.54, 1.807) is 81.6 Å². The Morgan fingerprint density at radius 2 is 1.14 bits per heavy atom. The first-order valence-corrected chi connectivity index (χ1v) is 16.7. The zero-order valence-corrected chi connectivity index (χ0v) is 29.5. The van der Waals surface area contributed by atoms with Crippen LogP contribution in [-0.4, -0.2) is 24.9 Å². The molecule has 0 saturated heterocycles. The fourth-order valence-corrected chi connectivity index (χ4v) is 11.2. The minimum absolute atomic E-state index is 0.0848. The van der Waals surface area contributed by atoms with Gasteiger partial charge in [0.2, 0.25) is 0 Å². The summed E-state index contributed by atoms with van der Waals surface area (Å²) < 4.78 is 48.7. The summed E-state index contributed by atoms with van der Waals surface area (Å²) in [5.74, 6) is -0.720. The molecule has 0 amide bonds. The normalized spacial score (nSPS) is 11.4. The third-order valence-corrected chi connectivity index (χ3v) is 10.6. The summed E-state index contributed by atoms with van der Waals surface area (Å²) in [6.07, 6.45) is 0. The summed E-state index contributed by atoms with van der Waals surface area (Å²) in [7, 11) is -4.68. The molecule has 0 atom stereocenters. The number of hydrogen-bond acceptors (Lipinski definition) is 7. The van der Waals surface area contributed by atoms with Gasteiger partial charge in [0.1, 0.15) is 15.9 Å². The Hall–Kier alpha value is -0.360. The van der Waals surface area contributed by atoms with Crippen molar-refractivity contribution in [2.24, 2.45) is 0 Å². The maximum absolute atomic E-state index is 13.2. The van der Waals surface area contributed by atoms with Crippen LogP contribution in [-0.2, 0) is 10.1 Å². The van der Waals surface area contributed by atoms with Crippen molar-refractivity contribution >= 4 is 146 Å². The van der Waals surface area contributed by atoms with Crippen LogP contribution in [0.2, 0.25) is 0 Å². The molecule has 0 unspecified atom stereocenters. The average Bonchev–Trinajstić information content (AvgIpc) is 2.79. The molecular formula is C24H10I5O7S-. The quantitative estimate of drug-likeness (QED) is 0.0901. The summed E-state index contributed by atoms with van der Waals surface area (Å²) in [5.41, 5.74) is 0.488. The number of halogens is 5. The molecule has 0 saturated carbocycles. The molecule has 0 N–H and O–H groups in total. The highest BCUT2D eigenvalue weighted by atomic mass is 127. The lowest BCUT2D eigenvalue weighted by atomic mass is 10.00. The fourth-order valence-electron chi connectivity index (χ4n) is 3.44. The summed E-state index contributed by atoms with van der Waals surface area (Å²) in [5, 5.41) is 0.992. The Morgan fingerprint density at radius 1 is 0.676 bits per heavy atom. The van der Waals surface area contributed by atoms with Crippen LogP contribution in [0.4, 0.5) is 0 Å². The maximum atomic E-state index is 13.2. The first-order chi connectivity index (χ1) is 17.4. The van der Waals surface area contributed by atoms with Gasteiger partial charge < -0.3 is 14.0 Å². The second-order valence-electron chi connectivity index (χ2n) is 7.35. The van der Waals surface area contributed by atoms with E-state index >= 15 is 0 Å². The second-order valence-corrected chi connectivity index (χ2v) is 14.6. The van der Waals surface area contributed by atoms with E-state index in [0.29, 0.717) is 16.5 Å². The van der Waals surface area contributed by atoms with E-state index < -0.39 is 22.1 Å².